The SMILES string of the molecule is CCCCCCCNCc1cccc(OCCCNc2nc(CO)nn2C)c1. The largest absolute Gasteiger partial charge is 0.494 e. The van der Waals surface area contributed by atoms with Crippen molar-refractivity contribution in [3.63, 3.8) is 0 Å². The van der Waals surface area contributed by atoms with E-state index < -0.39 is 0 Å². The van der Waals surface area contributed by atoms with Gasteiger partial charge in [0.05, 0.1) is 6.61 Å². The molecule has 3 N–H and O–H groups in total. The van der Waals surface area contributed by atoms with Crippen molar-refractivity contribution in [2.24, 2.45) is 7.05 Å². The van der Waals surface area contributed by atoms with Crippen molar-refractivity contribution in [1.29, 1.82) is 0 Å². The molecule has 0 saturated heterocycles. The topological polar surface area (TPSA) is 84.2 Å². The first-order valence-corrected chi connectivity index (χ1v) is 10.4. The average Bonchev–Trinajstić information content (AvgIpc) is 3.07. The number of ether oxygens (including phenoxy) is 1. The molecule has 0 spiro atoms. The number of anilines is 1. The zero-order valence-corrected chi connectivity index (χ0v) is 17.3. The van der Waals surface area contributed by atoms with E-state index in [1.54, 1.807) is 11.7 Å². The molecular formula is C21H35N5O2. The fourth-order valence-electron chi connectivity index (χ4n) is 2.95. The lowest BCUT2D eigenvalue weighted by Crippen LogP contribution is -2.14. The van der Waals surface area contributed by atoms with Crippen LogP contribution in [0, 0.1) is 0 Å². The third-order valence-electron chi connectivity index (χ3n) is 4.51. The van der Waals surface area contributed by atoms with Crippen LogP contribution < -0.4 is 15.4 Å². The Bertz CT molecular complexity index is 675. The molecule has 0 atom stereocenters. The van der Waals surface area contributed by atoms with Crippen LogP contribution in [0.5, 0.6) is 5.75 Å². The summed E-state index contributed by atoms with van der Waals surface area (Å²) >= 11 is 0. The van der Waals surface area contributed by atoms with Crippen molar-refractivity contribution >= 4 is 5.95 Å². The van der Waals surface area contributed by atoms with E-state index in [9.17, 15) is 0 Å². The molecule has 7 heteroatoms. The van der Waals surface area contributed by atoms with Gasteiger partial charge in [-0.25, -0.2) is 4.68 Å². The molecule has 0 radical (unpaired) electrons. The molecule has 28 heavy (non-hydrogen) atoms. The van der Waals surface area contributed by atoms with Crippen molar-refractivity contribution in [2.45, 2.75) is 58.6 Å². The maximum atomic E-state index is 9.05. The molecule has 1 aromatic heterocycles. The van der Waals surface area contributed by atoms with Crippen molar-refractivity contribution in [3.05, 3.63) is 35.7 Å². The van der Waals surface area contributed by atoms with Crippen LogP contribution in [0.4, 0.5) is 5.95 Å². The van der Waals surface area contributed by atoms with Gasteiger partial charge in [0.25, 0.3) is 0 Å². The molecule has 2 aromatic rings. The van der Waals surface area contributed by atoms with Crippen LogP contribution in [-0.4, -0.2) is 39.6 Å². The lowest BCUT2D eigenvalue weighted by molar-refractivity contribution is 0.271. The van der Waals surface area contributed by atoms with Gasteiger partial charge in [0.15, 0.2) is 5.82 Å². The van der Waals surface area contributed by atoms with E-state index in [0.717, 1.165) is 31.8 Å². The summed E-state index contributed by atoms with van der Waals surface area (Å²) < 4.78 is 7.49. The number of rotatable bonds is 15. The molecule has 0 amide bonds. The average molecular weight is 390 g/mol. The van der Waals surface area contributed by atoms with Crippen molar-refractivity contribution < 1.29 is 9.84 Å². The Morgan fingerprint density at radius 2 is 1.96 bits per heavy atom. The second-order valence-electron chi connectivity index (χ2n) is 7.00. The summed E-state index contributed by atoms with van der Waals surface area (Å²) in [6.07, 6.45) is 7.39. The van der Waals surface area contributed by atoms with Crippen LogP contribution >= 0.6 is 0 Å². The number of benzene rings is 1. The first-order chi connectivity index (χ1) is 13.7. The van der Waals surface area contributed by atoms with Crippen LogP contribution in [0.3, 0.4) is 0 Å². The fourth-order valence-corrected chi connectivity index (χ4v) is 2.95. The van der Waals surface area contributed by atoms with Gasteiger partial charge in [0.1, 0.15) is 12.4 Å². The highest BCUT2D eigenvalue weighted by atomic mass is 16.5. The Kier molecular flexibility index (Phi) is 10.4. The van der Waals surface area contributed by atoms with Gasteiger partial charge in [0.2, 0.25) is 5.95 Å². The van der Waals surface area contributed by atoms with Crippen molar-refractivity contribution in [1.82, 2.24) is 20.1 Å². The Labute approximate surface area is 168 Å². The molecule has 2 rings (SSSR count). The fraction of sp³-hybridized carbons (Fsp3) is 0.619. The van der Waals surface area contributed by atoms with Crippen LogP contribution in [0.2, 0.25) is 0 Å². The summed E-state index contributed by atoms with van der Waals surface area (Å²) in [5.41, 5.74) is 1.25. The molecule has 0 bridgehead atoms. The van der Waals surface area contributed by atoms with Crippen LogP contribution in [0.25, 0.3) is 0 Å². The number of aliphatic hydroxyl groups is 1. The number of aliphatic hydroxyl groups excluding tert-OH is 1. The Hall–Kier alpha value is -2.12. The van der Waals surface area contributed by atoms with Crippen LogP contribution in [0.15, 0.2) is 24.3 Å². The van der Waals surface area contributed by atoms with Crippen molar-refractivity contribution in [3.8, 4) is 5.75 Å². The molecule has 7 nitrogen and oxygen atoms in total. The normalized spacial score (nSPS) is 11.0. The third-order valence-corrected chi connectivity index (χ3v) is 4.51. The second kappa shape index (κ2) is 13.1. The number of aryl methyl sites for hydroxylation is 1. The van der Waals surface area contributed by atoms with Gasteiger partial charge in [-0.05, 0) is 37.1 Å². The van der Waals surface area contributed by atoms with E-state index in [-0.39, 0.29) is 6.61 Å². The molecule has 0 aliphatic rings. The van der Waals surface area contributed by atoms with E-state index in [2.05, 4.69) is 39.8 Å². The Morgan fingerprint density at radius 3 is 2.75 bits per heavy atom. The zero-order chi connectivity index (χ0) is 20.0. The Balaban J connectivity index is 1.59. The van der Waals surface area contributed by atoms with Gasteiger partial charge in [-0.15, -0.1) is 0 Å². The first kappa shape index (κ1) is 22.2. The summed E-state index contributed by atoms with van der Waals surface area (Å²) in [5, 5.41) is 19.9. The number of aromatic nitrogens is 3. The van der Waals surface area contributed by atoms with E-state index in [0.29, 0.717) is 18.4 Å². The monoisotopic (exact) mass is 389 g/mol. The number of nitrogens with one attached hydrogen (secondary N) is 2. The third kappa shape index (κ3) is 8.27. The minimum atomic E-state index is -0.150. The van der Waals surface area contributed by atoms with Crippen LogP contribution in [-0.2, 0) is 20.2 Å². The highest BCUT2D eigenvalue weighted by Gasteiger charge is 2.05. The highest BCUT2D eigenvalue weighted by Crippen LogP contribution is 2.14. The standard InChI is InChI=1S/C21H35N5O2/c1-3-4-5-6-7-12-22-16-18-10-8-11-19(15-18)28-14-9-13-23-21-24-20(17-27)25-26(21)2/h8,10-11,15,22,27H,3-7,9,12-14,16-17H2,1-2H3,(H,23,24,25). The number of hydrogen-bond donors (Lipinski definition) is 3. The van der Waals surface area contributed by atoms with Gasteiger partial charge in [-0.2, -0.15) is 10.1 Å². The number of unbranched alkanes of at least 4 members (excludes halogenated alkanes) is 4. The maximum absolute atomic E-state index is 9.05. The minimum Gasteiger partial charge on any atom is -0.494 e. The van der Waals surface area contributed by atoms with Gasteiger partial charge in [0, 0.05) is 20.1 Å². The second-order valence-corrected chi connectivity index (χ2v) is 7.00. The lowest BCUT2D eigenvalue weighted by Gasteiger charge is -2.10. The molecule has 1 aromatic carbocycles. The van der Waals surface area contributed by atoms with Gasteiger partial charge >= 0.3 is 0 Å². The Morgan fingerprint density at radius 1 is 1.11 bits per heavy atom. The zero-order valence-electron chi connectivity index (χ0n) is 17.3. The van der Waals surface area contributed by atoms with Crippen LogP contribution in [0.1, 0.15) is 56.8 Å². The summed E-state index contributed by atoms with van der Waals surface area (Å²) in [7, 11) is 1.80. The van der Waals surface area contributed by atoms with Crippen molar-refractivity contribution in [2.75, 3.05) is 25.0 Å². The van der Waals surface area contributed by atoms with Gasteiger partial charge in [-0.3, -0.25) is 0 Å². The molecule has 0 aliphatic heterocycles. The molecular weight excluding hydrogens is 354 g/mol. The molecule has 156 valence electrons. The highest BCUT2D eigenvalue weighted by molar-refractivity contribution is 5.28. The minimum absolute atomic E-state index is 0.150. The van der Waals surface area contributed by atoms with E-state index >= 15 is 0 Å². The maximum Gasteiger partial charge on any atom is 0.221 e. The number of nitrogens with zero attached hydrogens (tertiary/aromatic N) is 3. The predicted octanol–water partition coefficient (Wildman–Crippen LogP) is 3.25. The molecule has 0 unspecified atom stereocenters. The summed E-state index contributed by atoms with van der Waals surface area (Å²) in [4.78, 5) is 4.19. The molecule has 0 aliphatic carbocycles. The molecule has 0 saturated carbocycles. The smallest absolute Gasteiger partial charge is 0.221 e. The first-order valence-electron chi connectivity index (χ1n) is 10.4. The van der Waals surface area contributed by atoms with E-state index in [4.69, 9.17) is 9.84 Å². The van der Waals surface area contributed by atoms with Gasteiger partial charge in [-0.1, -0.05) is 44.7 Å². The summed E-state index contributed by atoms with van der Waals surface area (Å²) in [6, 6.07) is 8.28. The van der Waals surface area contributed by atoms with Gasteiger partial charge < -0.3 is 20.5 Å². The lowest BCUT2D eigenvalue weighted by atomic mass is 10.1. The molecule has 0 fully saturated rings. The molecule has 1 heterocycles. The predicted molar refractivity (Wildman–Crippen MR) is 112 cm³/mol. The summed E-state index contributed by atoms with van der Waals surface area (Å²) in [6.45, 7) is 5.41. The number of hydrogen-bond acceptors (Lipinski definition) is 6. The summed E-state index contributed by atoms with van der Waals surface area (Å²) in [5.74, 6) is 1.99. The van der Waals surface area contributed by atoms with E-state index in [1.807, 2.05) is 12.1 Å². The quantitative estimate of drug-likeness (QED) is 0.406. The van der Waals surface area contributed by atoms with E-state index in [1.165, 1.54) is 37.7 Å².